The Morgan fingerprint density at radius 3 is 2.39 bits per heavy atom. The number of carbonyl (C=O) groups excluding carboxylic acids is 4. The third-order valence-electron chi connectivity index (χ3n) is 13.8. The number of nitrogens with one attached hydrogen (secondary N) is 2. The first-order valence-electron chi connectivity index (χ1n) is 21.4. The summed E-state index contributed by atoms with van der Waals surface area (Å²) < 4.78 is 6.64. The average Bonchev–Trinajstić information content (AvgIpc) is 3.59. The molecule has 2 aromatic heterocycles. The Kier molecular flexibility index (Phi) is 10.4. The molecule has 4 aliphatic heterocycles. The fourth-order valence-corrected chi connectivity index (χ4v) is 10.7. The number of hydrogen-bond acceptors (Lipinski definition) is 12. The zero-order chi connectivity index (χ0) is 42.6. The number of aromatic nitrogens is 3. The Morgan fingerprint density at radius 2 is 1.69 bits per heavy atom. The number of amides is 4. The van der Waals surface area contributed by atoms with Crippen molar-refractivity contribution in [1.82, 2.24) is 35.6 Å². The third kappa shape index (κ3) is 7.41. The van der Waals surface area contributed by atoms with Gasteiger partial charge in [-0.25, -0.2) is 0 Å². The minimum absolute atomic E-state index is 0.146. The molecule has 0 bridgehead atoms. The maximum absolute atomic E-state index is 13.5. The van der Waals surface area contributed by atoms with Gasteiger partial charge < -0.3 is 24.8 Å². The zero-order valence-corrected chi connectivity index (χ0v) is 35.2. The predicted molar refractivity (Wildman–Crippen MR) is 228 cm³/mol. The van der Waals surface area contributed by atoms with Gasteiger partial charge in [0.05, 0.1) is 11.1 Å². The van der Waals surface area contributed by atoms with Crippen LogP contribution in [0, 0.1) is 28.1 Å². The number of carbonyl (C=O) groups is 4. The number of pyridine rings is 1. The van der Waals surface area contributed by atoms with E-state index in [9.17, 15) is 24.4 Å². The lowest BCUT2D eigenvalue weighted by Gasteiger charge is -2.63. The van der Waals surface area contributed by atoms with Crippen LogP contribution in [0.1, 0.15) is 85.4 Å². The third-order valence-corrected chi connectivity index (χ3v) is 13.8. The van der Waals surface area contributed by atoms with Gasteiger partial charge in [0, 0.05) is 98.5 Å². The number of ether oxygens (including phenoxy) is 1. The highest BCUT2D eigenvalue weighted by atomic mass is 16.5. The fourth-order valence-electron chi connectivity index (χ4n) is 10.7. The van der Waals surface area contributed by atoms with E-state index in [1.807, 2.05) is 36.4 Å². The second-order valence-corrected chi connectivity index (χ2v) is 18.4. The molecular formula is C46H52N10O5. The lowest BCUT2D eigenvalue weighted by atomic mass is 9.49. The molecule has 4 aromatic rings. The molecule has 15 nitrogen and oxygen atoms in total. The van der Waals surface area contributed by atoms with Gasteiger partial charge in [-0.3, -0.25) is 34.4 Å². The van der Waals surface area contributed by atoms with Gasteiger partial charge in [-0.15, -0.1) is 10.2 Å². The Hall–Kier alpha value is -6.14. The van der Waals surface area contributed by atoms with Crippen molar-refractivity contribution < 1.29 is 23.9 Å². The van der Waals surface area contributed by atoms with Crippen molar-refractivity contribution >= 4 is 46.0 Å². The minimum Gasteiger partial charge on any atom is -0.488 e. The summed E-state index contributed by atoms with van der Waals surface area (Å²) in [5.74, 6) is 0.942. The number of rotatable bonds is 9. The van der Waals surface area contributed by atoms with Gasteiger partial charge in [0.1, 0.15) is 24.0 Å². The van der Waals surface area contributed by atoms with Crippen molar-refractivity contribution in [3.63, 3.8) is 0 Å². The Morgan fingerprint density at radius 1 is 0.918 bits per heavy atom. The predicted octanol–water partition coefficient (Wildman–Crippen LogP) is 4.31. The van der Waals surface area contributed by atoms with Crippen LogP contribution in [-0.4, -0.2) is 113 Å². The van der Waals surface area contributed by atoms with E-state index >= 15 is 0 Å². The van der Waals surface area contributed by atoms with Crippen molar-refractivity contribution in [3.05, 3.63) is 83.2 Å². The van der Waals surface area contributed by atoms with Crippen LogP contribution in [0.3, 0.4) is 0 Å². The highest BCUT2D eigenvalue weighted by Crippen LogP contribution is 2.56. The number of imide groups is 1. The maximum Gasteiger partial charge on any atom is 0.272 e. The molecule has 61 heavy (non-hydrogen) atoms. The summed E-state index contributed by atoms with van der Waals surface area (Å²) in [5, 5.41) is 24.8. The normalized spacial score (nSPS) is 23.9. The molecule has 9 rings (SSSR count). The van der Waals surface area contributed by atoms with Gasteiger partial charge in [-0.1, -0.05) is 27.7 Å². The summed E-state index contributed by atoms with van der Waals surface area (Å²) in [6, 6.07) is 18.4. The first-order chi connectivity index (χ1) is 29.3. The Balaban J connectivity index is 0.733. The van der Waals surface area contributed by atoms with E-state index in [1.165, 1.54) is 0 Å². The van der Waals surface area contributed by atoms with Gasteiger partial charge in [0.2, 0.25) is 11.8 Å². The maximum atomic E-state index is 13.5. The summed E-state index contributed by atoms with van der Waals surface area (Å²) in [6.45, 7) is 15.3. The molecule has 2 aromatic carbocycles. The number of benzene rings is 2. The largest absolute Gasteiger partial charge is 0.488 e. The Labute approximate surface area is 355 Å². The van der Waals surface area contributed by atoms with Crippen LogP contribution < -0.4 is 25.2 Å². The average molecular weight is 825 g/mol. The molecule has 1 saturated carbocycles. The fraction of sp³-hybridized carbons (Fsp3) is 0.478. The molecule has 5 aliphatic rings. The van der Waals surface area contributed by atoms with Crippen LogP contribution in [0.15, 0.2) is 60.8 Å². The van der Waals surface area contributed by atoms with Gasteiger partial charge in [-0.2, -0.15) is 5.26 Å². The van der Waals surface area contributed by atoms with Gasteiger partial charge in [0.15, 0.2) is 11.5 Å². The van der Waals surface area contributed by atoms with Crippen molar-refractivity contribution in [2.45, 2.75) is 78.1 Å². The van der Waals surface area contributed by atoms with Crippen molar-refractivity contribution in [2.75, 3.05) is 55.6 Å². The van der Waals surface area contributed by atoms with E-state index in [2.05, 4.69) is 80.3 Å². The monoisotopic (exact) mass is 824 g/mol. The smallest absolute Gasteiger partial charge is 0.272 e. The first-order valence-corrected chi connectivity index (χ1v) is 21.4. The SMILES string of the molecule is CC1(C)C(NC(=O)c2ccc(N3CCC(CN4CCN(c5ccc6c(c5)CN(C5CCC(=O)NC5=O)C6=O)CC4)CC3)nn2)C(C)(C)C1Oc1ccc(C#N)c2ncccc12. The molecule has 1 aliphatic carbocycles. The van der Waals surface area contributed by atoms with E-state index in [-0.39, 0.29) is 42.0 Å². The van der Waals surface area contributed by atoms with E-state index in [1.54, 1.807) is 23.2 Å². The van der Waals surface area contributed by atoms with Crippen LogP contribution in [-0.2, 0) is 16.1 Å². The molecular weight excluding hydrogens is 773 g/mol. The number of fused-ring (bicyclic) bond motifs is 2. The molecule has 15 heteroatoms. The van der Waals surface area contributed by atoms with Crippen molar-refractivity contribution in [3.8, 4) is 11.8 Å². The standard InChI is InChI=1S/C46H52N10O5/c1-45(2)43(46(3,4)44(45)61-36-12-7-29(25-47)39-33(36)6-5-17-48-39)50-40(58)34-10-13-37(52-51-34)55-18-15-28(16-19-55)26-53-20-22-54(23-21-53)31-8-9-32-30(24-31)27-56(42(32)60)35-11-14-38(57)49-41(35)59/h5-10,12-13,17,24,28,35,43-44H,11,14-16,18-23,26-27H2,1-4H3,(H,50,58)(H,49,57,59). The molecule has 0 spiro atoms. The van der Waals surface area contributed by atoms with Crippen molar-refractivity contribution in [2.24, 2.45) is 16.7 Å². The second kappa shape index (κ2) is 15.7. The molecule has 6 heterocycles. The number of piperazine rings is 1. The van der Waals surface area contributed by atoms with Crippen LogP contribution in [0.4, 0.5) is 11.5 Å². The summed E-state index contributed by atoms with van der Waals surface area (Å²) in [4.78, 5) is 64.0. The number of piperidine rings is 2. The number of anilines is 2. The zero-order valence-electron chi connectivity index (χ0n) is 35.2. The highest BCUT2D eigenvalue weighted by molar-refractivity contribution is 6.05. The van der Waals surface area contributed by atoms with E-state index < -0.39 is 22.8 Å². The number of hydrogen-bond donors (Lipinski definition) is 2. The number of nitriles is 1. The molecule has 1 unspecified atom stereocenters. The molecule has 316 valence electrons. The molecule has 2 N–H and O–H groups in total. The summed E-state index contributed by atoms with van der Waals surface area (Å²) in [5.41, 5.74) is 3.25. The second-order valence-electron chi connectivity index (χ2n) is 18.4. The molecule has 4 amide bonds. The lowest BCUT2D eigenvalue weighted by Crippen LogP contribution is -2.74. The molecule has 4 fully saturated rings. The Bertz CT molecular complexity index is 2420. The first kappa shape index (κ1) is 40.3. The minimum atomic E-state index is -0.609. The van der Waals surface area contributed by atoms with Gasteiger partial charge >= 0.3 is 0 Å². The summed E-state index contributed by atoms with van der Waals surface area (Å²) in [6.07, 6.45) is 4.17. The van der Waals surface area contributed by atoms with Crippen molar-refractivity contribution in [1.29, 1.82) is 5.26 Å². The highest BCUT2D eigenvalue weighted by Gasteiger charge is 2.64. The van der Waals surface area contributed by atoms with E-state index in [0.717, 1.165) is 81.1 Å². The van der Waals surface area contributed by atoms with Crippen LogP contribution in [0.2, 0.25) is 0 Å². The summed E-state index contributed by atoms with van der Waals surface area (Å²) >= 11 is 0. The quantitative estimate of drug-likeness (QED) is 0.229. The summed E-state index contributed by atoms with van der Waals surface area (Å²) in [7, 11) is 0. The molecule has 1 atom stereocenters. The van der Waals surface area contributed by atoms with Crippen LogP contribution in [0.25, 0.3) is 10.9 Å². The van der Waals surface area contributed by atoms with E-state index in [0.29, 0.717) is 41.3 Å². The molecule has 0 radical (unpaired) electrons. The van der Waals surface area contributed by atoms with Crippen LogP contribution in [0.5, 0.6) is 5.75 Å². The topological polar surface area (TPSA) is 177 Å². The van der Waals surface area contributed by atoms with E-state index in [4.69, 9.17) is 4.74 Å². The van der Waals surface area contributed by atoms with Gasteiger partial charge in [0.25, 0.3) is 11.8 Å². The molecule has 3 saturated heterocycles. The van der Waals surface area contributed by atoms with Crippen LogP contribution >= 0.6 is 0 Å². The van der Waals surface area contributed by atoms with Gasteiger partial charge in [-0.05, 0) is 85.3 Å². The lowest BCUT2D eigenvalue weighted by molar-refractivity contribution is -0.163. The number of nitrogens with zero attached hydrogens (tertiary/aromatic N) is 8.